The Morgan fingerprint density at radius 3 is 2.68 bits per heavy atom. The first kappa shape index (κ1) is 22.4. The van der Waals surface area contributed by atoms with E-state index in [-0.39, 0.29) is 5.97 Å². The van der Waals surface area contributed by atoms with Gasteiger partial charge in [0.2, 0.25) is 5.95 Å². The number of aromatic nitrogens is 3. The topological polar surface area (TPSA) is 68.2 Å². The maximum absolute atomic E-state index is 12.1. The smallest absolute Gasteiger partial charge is 0.306 e. The molecule has 6 nitrogen and oxygen atoms in total. The van der Waals surface area contributed by atoms with Crippen LogP contribution >= 0.6 is 11.8 Å². The van der Waals surface area contributed by atoms with Crippen molar-refractivity contribution in [2.75, 3.05) is 31.4 Å². The molecule has 0 fully saturated rings. The molecule has 0 aromatic carbocycles. The van der Waals surface area contributed by atoms with E-state index in [1.54, 1.807) is 0 Å². The Hall–Kier alpha value is -1.89. The van der Waals surface area contributed by atoms with Crippen molar-refractivity contribution in [3.8, 4) is 0 Å². The molecule has 2 aromatic rings. The van der Waals surface area contributed by atoms with Crippen LogP contribution in [0.4, 0.5) is 5.95 Å². The van der Waals surface area contributed by atoms with Gasteiger partial charge in [-0.2, -0.15) is 0 Å². The molecular formula is C21H32N4O2S. The second-order valence-corrected chi connectivity index (χ2v) is 8.33. The van der Waals surface area contributed by atoms with Crippen LogP contribution in [-0.4, -0.2) is 47.4 Å². The molecule has 0 amide bonds. The molecule has 1 unspecified atom stereocenters. The first-order chi connectivity index (χ1) is 13.4. The Balaban J connectivity index is 1.95. The average Bonchev–Trinajstić information content (AvgIpc) is 2.68. The molecule has 0 aliphatic carbocycles. The average molecular weight is 405 g/mol. The summed E-state index contributed by atoms with van der Waals surface area (Å²) in [6, 6.07) is 3.91. The highest BCUT2D eigenvalue weighted by molar-refractivity contribution is 7.99. The van der Waals surface area contributed by atoms with Gasteiger partial charge in [0, 0.05) is 25.5 Å². The van der Waals surface area contributed by atoms with Crippen molar-refractivity contribution in [3.05, 3.63) is 17.8 Å². The van der Waals surface area contributed by atoms with E-state index in [9.17, 15) is 4.79 Å². The lowest BCUT2D eigenvalue weighted by Crippen LogP contribution is -2.15. The zero-order chi connectivity index (χ0) is 20.5. The van der Waals surface area contributed by atoms with Gasteiger partial charge in [-0.05, 0) is 31.4 Å². The normalized spacial score (nSPS) is 12.2. The van der Waals surface area contributed by atoms with E-state index in [0.717, 1.165) is 34.6 Å². The fourth-order valence-corrected chi connectivity index (χ4v) is 3.68. The largest absolute Gasteiger partial charge is 0.465 e. The maximum Gasteiger partial charge on any atom is 0.306 e. The van der Waals surface area contributed by atoms with Gasteiger partial charge in [-0.25, -0.2) is 15.0 Å². The third-order valence-corrected chi connectivity index (χ3v) is 5.57. The van der Waals surface area contributed by atoms with Crippen LogP contribution in [0.2, 0.25) is 0 Å². The summed E-state index contributed by atoms with van der Waals surface area (Å²) >= 11 is 1.53. The molecule has 0 saturated heterocycles. The summed E-state index contributed by atoms with van der Waals surface area (Å²) in [6.45, 7) is 6.82. The molecule has 1 atom stereocenters. The molecule has 0 N–H and O–H groups in total. The summed E-state index contributed by atoms with van der Waals surface area (Å²) in [7, 11) is 3.83. The second kappa shape index (κ2) is 11.2. The third-order valence-electron chi connectivity index (χ3n) is 4.61. The zero-order valence-electron chi connectivity index (χ0n) is 17.7. The van der Waals surface area contributed by atoms with Gasteiger partial charge in [0.1, 0.15) is 10.5 Å². The van der Waals surface area contributed by atoms with Crippen molar-refractivity contribution in [1.82, 2.24) is 15.0 Å². The lowest BCUT2D eigenvalue weighted by Gasteiger charge is -2.15. The molecule has 2 rings (SSSR count). The third kappa shape index (κ3) is 6.62. The second-order valence-electron chi connectivity index (χ2n) is 7.24. The van der Waals surface area contributed by atoms with Gasteiger partial charge in [-0.3, -0.25) is 4.79 Å². The zero-order valence-corrected chi connectivity index (χ0v) is 18.5. The van der Waals surface area contributed by atoms with E-state index in [0.29, 0.717) is 30.6 Å². The highest BCUT2D eigenvalue weighted by atomic mass is 32.2. The van der Waals surface area contributed by atoms with Gasteiger partial charge in [0.25, 0.3) is 0 Å². The van der Waals surface area contributed by atoms with E-state index in [2.05, 4.69) is 28.8 Å². The summed E-state index contributed by atoms with van der Waals surface area (Å²) < 4.78 is 5.49. The summed E-state index contributed by atoms with van der Waals surface area (Å²) in [5.74, 6) is 1.58. The molecule has 7 heteroatoms. The lowest BCUT2D eigenvalue weighted by atomic mass is 10.0. The van der Waals surface area contributed by atoms with Gasteiger partial charge >= 0.3 is 5.97 Å². The van der Waals surface area contributed by atoms with Crippen LogP contribution < -0.4 is 4.90 Å². The van der Waals surface area contributed by atoms with Gasteiger partial charge in [0.05, 0.1) is 18.5 Å². The van der Waals surface area contributed by atoms with Crippen LogP contribution in [0.5, 0.6) is 0 Å². The number of rotatable bonds is 11. The number of fused-ring (bicyclic) bond motifs is 1. The van der Waals surface area contributed by atoms with E-state index < -0.39 is 0 Å². The first-order valence-corrected chi connectivity index (χ1v) is 11.0. The number of nitrogens with zero attached hydrogens (tertiary/aromatic N) is 4. The standard InChI is InChI=1S/C21H32N4O2S/c1-6-8-9-16(7-2)14-27-18(26)12-13-28-20-19-17(11-10-15(3)22-19)23-21(24-20)25(4)5/h10-11,16H,6-9,12-14H2,1-5H3. The number of pyridine rings is 1. The predicted molar refractivity (Wildman–Crippen MR) is 116 cm³/mol. The molecule has 2 heterocycles. The molecule has 2 aromatic heterocycles. The highest BCUT2D eigenvalue weighted by Gasteiger charge is 2.14. The van der Waals surface area contributed by atoms with Crippen LogP contribution in [-0.2, 0) is 9.53 Å². The Kier molecular flexibility index (Phi) is 8.96. The monoisotopic (exact) mass is 404 g/mol. The van der Waals surface area contributed by atoms with E-state index >= 15 is 0 Å². The molecule has 0 aliphatic heterocycles. The van der Waals surface area contributed by atoms with E-state index in [1.165, 1.54) is 24.6 Å². The number of hydrogen-bond acceptors (Lipinski definition) is 7. The fraction of sp³-hybridized carbons (Fsp3) is 0.619. The van der Waals surface area contributed by atoms with Crippen molar-refractivity contribution >= 4 is 34.7 Å². The number of thioether (sulfide) groups is 1. The Morgan fingerprint density at radius 1 is 1.21 bits per heavy atom. The molecule has 0 bridgehead atoms. The minimum absolute atomic E-state index is 0.141. The van der Waals surface area contributed by atoms with Gasteiger partial charge in [-0.15, -0.1) is 11.8 Å². The number of hydrogen-bond donors (Lipinski definition) is 0. The van der Waals surface area contributed by atoms with Crippen molar-refractivity contribution in [2.45, 2.75) is 57.9 Å². The van der Waals surface area contributed by atoms with Crippen molar-refractivity contribution in [3.63, 3.8) is 0 Å². The van der Waals surface area contributed by atoms with Crippen LogP contribution in [0, 0.1) is 12.8 Å². The Bertz CT molecular complexity index is 782. The van der Waals surface area contributed by atoms with Crippen LogP contribution in [0.1, 0.15) is 51.6 Å². The number of esters is 1. The number of anilines is 1. The van der Waals surface area contributed by atoms with E-state index in [1.807, 2.05) is 38.1 Å². The number of carbonyl (C=O) groups is 1. The summed E-state index contributed by atoms with van der Waals surface area (Å²) in [6.07, 6.45) is 4.90. The SMILES string of the molecule is CCCCC(CC)COC(=O)CCSc1nc(N(C)C)nc2ccc(C)nc12. The summed E-state index contributed by atoms with van der Waals surface area (Å²) in [4.78, 5) is 27.8. The molecule has 154 valence electrons. The number of ether oxygens (including phenoxy) is 1. The van der Waals surface area contributed by atoms with Crippen molar-refractivity contribution < 1.29 is 9.53 Å². The number of aryl methyl sites for hydroxylation is 1. The van der Waals surface area contributed by atoms with Crippen LogP contribution in [0.3, 0.4) is 0 Å². The van der Waals surface area contributed by atoms with Gasteiger partial charge < -0.3 is 9.64 Å². The quantitative estimate of drug-likeness (QED) is 0.307. The predicted octanol–water partition coefficient (Wildman–Crippen LogP) is 4.64. The molecule has 0 radical (unpaired) electrons. The fourth-order valence-electron chi connectivity index (χ4n) is 2.79. The minimum Gasteiger partial charge on any atom is -0.465 e. The Morgan fingerprint density at radius 2 is 2.00 bits per heavy atom. The maximum atomic E-state index is 12.1. The molecular weight excluding hydrogens is 372 g/mol. The molecule has 0 spiro atoms. The molecule has 28 heavy (non-hydrogen) atoms. The number of unbranched alkanes of at least 4 members (excludes halogenated alkanes) is 1. The van der Waals surface area contributed by atoms with Crippen LogP contribution in [0.25, 0.3) is 11.0 Å². The lowest BCUT2D eigenvalue weighted by molar-refractivity contribution is -0.144. The van der Waals surface area contributed by atoms with Crippen molar-refractivity contribution in [2.24, 2.45) is 5.92 Å². The summed E-state index contributed by atoms with van der Waals surface area (Å²) in [5, 5.41) is 0.805. The minimum atomic E-state index is -0.141. The highest BCUT2D eigenvalue weighted by Crippen LogP contribution is 2.26. The summed E-state index contributed by atoms with van der Waals surface area (Å²) in [5.41, 5.74) is 2.53. The van der Waals surface area contributed by atoms with Gasteiger partial charge in [-0.1, -0.05) is 33.1 Å². The molecule has 0 aliphatic rings. The van der Waals surface area contributed by atoms with Crippen LogP contribution in [0.15, 0.2) is 17.2 Å². The molecule has 0 saturated carbocycles. The van der Waals surface area contributed by atoms with Crippen molar-refractivity contribution in [1.29, 1.82) is 0 Å². The van der Waals surface area contributed by atoms with Gasteiger partial charge in [0.15, 0.2) is 0 Å². The Labute approximate surface area is 172 Å². The number of carbonyl (C=O) groups excluding carboxylic acids is 1. The first-order valence-electron chi connectivity index (χ1n) is 10.1. The van der Waals surface area contributed by atoms with E-state index in [4.69, 9.17) is 4.74 Å².